The van der Waals surface area contributed by atoms with Crippen LogP contribution in [0.15, 0.2) is 54.6 Å². The maximum absolute atomic E-state index is 4.77. The highest BCUT2D eigenvalue weighted by atomic mass is 35.5. The van der Waals surface area contributed by atoms with Gasteiger partial charge in [-0.25, -0.2) is 4.98 Å². The van der Waals surface area contributed by atoms with Crippen LogP contribution in [0.1, 0.15) is 22.4 Å². The Kier molecular flexibility index (Phi) is 5.43. The number of aromatic nitrogens is 2. The van der Waals surface area contributed by atoms with Crippen molar-refractivity contribution in [3.05, 3.63) is 77.0 Å². The summed E-state index contributed by atoms with van der Waals surface area (Å²) in [5.41, 5.74) is 6.03. The summed E-state index contributed by atoms with van der Waals surface area (Å²) in [5.74, 6) is 1.64. The summed E-state index contributed by atoms with van der Waals surface area (Å²) in [4.78, 5) is 11.7. The number of nitrogens with zero attached hydrogens (tertiary/aromatic N) is 3. The van der Waals surface area contributed by atoms with Gasteiger partial charge in [0, 0.05) is 30.5 Å². The monoisotopic (exact) mass is 366 g/mol. The number of hydrogen-bond acceptors (Lipinski definition) is 4. The maximum atomic E-state index is 4.77. The predicted molar refractivity (Wildman–Crippen MR) is 110 cm³/mol. The van der Waals surface area contributed by atoms with Crippen LogP contribution < -0.4 is 10.2 Å². The maximum Gasteiger partial charge on any atom is 0.229 e. The van der Waals surface area contributed by atoms with Gasteiger partial charge < -0.3 is 10.2 Å². The van der Waals surface area contributed by atoms with Gasteiger partial charge in [-0.2, -0.15) is 4.98 Å². The standard InChI is InChI=1S/C21H22N4.ClH/c1-15-7-3-6-10-19(15)23-21-22-16(2)13-20(24-21)25-12-11-17-8-4-5-9-18(17)14-25;/h3-10,13H,11-12,14H2,1-2H3,(H,22,23,24);1H. The third-order valence-corrected chi connectivity index (χ3v) is 4.69. The minimum absolute atomic E-state index is 0. The fourth-order valence-electron chi connectivity index (χ4n) is 3.29. The molecule has 0 saturated heterocycles. The molecule has 1 N–H and O–H groups in total. The van der Waals surface area contributed by atoms with Crippen LogP contribution in [-0.4, -0.2) is 16.5 Å². The largest absolute Gasteiger partial charge is 0.352 e. The van der Waals surface area contributed by atoms with Crippen LogP contribution in [0.4, 0.5) is 17.5 Å². The van der Waals surface area contributed by atoms with Crippen LogP contribution in [-0.2, 0) is 13.0 Å². The lowest BCUT2D eigenvalue weighted by molar-refractivity contribution is 0.719. The van der Waals surface area contributed by atoms with Crippen molar-refractivity contribution in [2.24, 2.45) is 0 Å². The number of para-hydroxylation sites is 1. The van der Waals surface area contributed by atoms with E-state index < -0.39 is 0 Å². The molecule has 4 nitrogen and oxygen atoms in total. The van der Waals surface area contributed by atoms with Gasteiger partial charge in [0.1, 0.15) is 5.82 Å². The van der Waals surface area contributed by atoms with E-state index in [-0.39, 0.29) is 12.4 Å². The third-order valence-electron chi connectivity index (χ3n) is 4.69. The minimum atomic E-state index is 0. The molecule has 0 saturated carbocycles. The summed E-state index contributed by atoms with van der Waals surface area (Å²) in [6.07, 6.45) is 1.06. The third kappa shape index (κ3) is 3.81. The summed E-state index contributed by atoms with van der Waals surface area (Å²) in [5, 5.41) is 3.36. The van der Waals surface area contributed by atoms with Crippen LogP contribution in [0.25, 0.3) is 0 Å². The molecule has 2 heterocycles. The van der Waals surface area contributed by atoms with Crippen molar-refractivity contribution in [2.45, 2.75) is 26.8 Å². The molecule has 0 radical (unpaired) electrons. The molecule has 5 heteroatoms. The predicted octanol–water partition coefficient (Wildman–Crippen LogP) is 4.82. The minimum Gasteiger partial charge on any atom is -0.352 e. The molecule has 134 valence electrons. The summed E-state index contributed by atoms with van der Waals surface area (Å²) in [6.45, 7) is 5.99. The first kappa shape index (κ1) is 18.2. The first-order valence-corrected chi connectivity index (χ1v) is 8.69. The van der Waals surface area contributed by atoms with E-state index in [1.807, 2.05) is 19.1 Å². The summed E-state index contributed by atoms with van der Waals surface area (Å²) < 4.78 is 0. The fraction of sp³-hybridized carbons (Fsp3) is 0.238. The van der Waals surface area contributed by atoms with E-state index in [1.165, 1.54) is 16.7 Å². The van der Waals surface area contributed by atoms with E-state index >= 15 is 0 Å². The zero-order valence-electron chi connectivity index (χ0n) is 15.1. The van der Waals surface area contributed by atoms with E-state index in [1.54, 1.807) is 0 Å². The van der Waals surface area contributed by atoms with E-state index in [0.717, 1.165) is 36.7 Å². The molecule has 26 heavy (non-hydrogen) atoms. The summed E-state index contributed by atoms with van der Waals surface area (Å²) >= 11 is 0. The van der Waals surface area contributed by atoms with Gasteiger partial charge in [0.25, 0.3) is 0 Å². The molecule has 0 spiro atoms. The van der Waals surface area contributed by atoms with Gasteiger partial charge in [0.05, 0.1) is 0 Å². The number of fused-ring (bicyclic) bond motifs is 1. The topological polar surface area (TPSA) is 41.1 Å². The van der Waals surface area contributed by atoms with Gasteiger partial charge in [-0.1, -0.05) is 42.5 Å². The van der Waals surface area contributed by atoms with E-state index in [0.29, 0.717) is 5.95 Å². The Balaban J connectivity index is 0.00000196. The van der Waals surface area contributed by atoms with Crippen molar-refractivity contribution in [3.8, 4) is 0 Å². The van der Waals surface area contributed by atoms with Crippen LogP contribution in [0.3, 0.4) is 0 Å². The fourth-order valence-corrected chi connectivity index (χ4v) is 3.29. The molecule has 0 atom stereocenters. The molecule has 1 aliphatic rings. The first-order valence-electron chi connectivity index (χ1n) is 8.69. The van der Waals surface area contributed by atoms with Gasteiger partial charge in [0.2, 0.25) is 5.95 Å². The number of anilines is 3. The van der Waals surface area contributed by atoms with Crippen molar-refractivity contribution in [2.75, 3.05) is 16.8 Å². The lowest BCUT2D eigenvalue weighted by Crippen LogP contribution is -2.31. The van der Waals surface area contributed by atoms with Crippen molar-refractivity contribution in [1.82, 2.24) is 9.97 Å². The Morgan fingerprint density at radius 3 is 2.46 bits per heavy atom. The molecule has 3 aromatic rings. The zero-order chi connectivity index (χ0) is 17.2. The van der Waals surface area contributed by atoms with Crippen LogP contribution >= 0.6 is 12.4 Å². The van der Waals surface area contributed by atoms with E-state index in [9.17, 15) is 0 Å². The second-order valence-electron chi connectivity index (χ2n) is 6.57. The number of rotatable bonds is 3. The van der Waals surface area contributed by atoms with Gasteiger partial charge in [-0.05, 0) is 43.0 Å². The highest BCUT2D eigenvalue weighted by Crippen LogP contribution is 2.25. The van der Waals surface area contributed by atoms with Crippen molar-refractivity contribution in [3.63, 3.8) is 0 Å². The highest BCUT2D eigenvalue weighted by molar-refractivity contribution is 5.85. The number of benzene rings is 2. The molecule has 0 fully saturated rings. The second-order valence-corrected chi connectivity index (χ2v) is 6.57. The molecular formula is C21H23ClN4. The number of hydrogen-bond donors (Lipinski definition) is 1. The SMILES string of the molecule is Cc1cc(N2CCc3ccccc3C2)nc(Nc2ccccc2C)n1.Cl. The van der Waals surface area contributed by atoms with Crippen LogP contribution in [0, 0.1) is 13.8 Å². The summed E-state index contributed by atoms with van der Waals surface area (Å²) in [6, 6.07) is 18.9. The molecule has 0 aliphatic carbocycles. The second kappa shape index (κ2) is 7.75. The Morgan fingerprint density at radius 1 is 0.923 bits per heavy atom. The van der Waals surface area contributed by atoms with E-state index in [4.69, 9.17) is 4.98 Å². The number of aryl methyl sites for hydroxylation is 2. The Labute approximate surface area is 160 Å². The van der Waals surface area contributed by atoms with Crippen molar-refractivity contribution < 1.29 is 0 Å². The molecule has 1 aliphatic heterocycles. The lowest BCUT2D eigenvalue weighted by atomic mass is 10.00. The van der Waals surface area contributed by atoms with Gasteiger partial charge in [0.15, 0.2) is 0 Å². The molecule has 4 rings (SSSR count). The van der Waals surface area contributed by atoms with Gasteiger partial charge >= 0.3 is 0 Å². The van der Waals surface area contributed by atoms with Crippen LogP contribution in [0.5, 0.6) is 0 Å². The molecule has 0 bridgehead atoms. The quantitative estimate of drug-likeness (QED) is 0.721. The van der Waals surface area contributed by atoms with Gasteiger partial charge in [-0.3, -0.25) is 0 Å². The molecule has 2 aromatic carbocycles. The Hall–Kier alpha value is -2.59. The molecule has 1 aromatic heterocycles. The average Bonchev–Trinajstić information content (AvgIpc) is 2.63. The Bertz CT molecular complexity index is 910. The molecule has 0 unspecified atom stereocenters. The van der Waals surface area contributed by atoms with Gasteiger partial charge in [-0.15, -0.1) is 12.4 Å². The number of nitrogens with one attached hydrogen (secondary N) is 1. The summed E-state index contributed by atoms with van der Waals surface area (Å²) in [7, 11) is 0. The smallest absolute Gasteiger partial charge is 0.229 e. The highest BCUT2D eigenvalue weighted by Gasteiger charge is 2.18. The van der Waals surface area contributed by atoms with Crippen LogP contribution in [0.2, 0.25) is 0 Å². The van der Waals surface area contributed by atoms with Crippen molar-refractivity contribution >= 4 is 29.9 Å². The number of halogens is 1. The first-order chi connectivity index (χ1) is 12.2. The van der Waals surface area contributed by atoms with Crippen molar-refractivity contribution in [1.29, 1.82) is 0 Å². The molecular weight excluding hydrogens is 344 g/mol. The lowest BCUT2D eigenvalue weighted by Gasteiger charge is -2.30. The zero-order valence-corrected chi connectivity index (χ0v) is 15.9. The molecule has 0 amide bonds. The normalized spacial score (nSPS) is 12.9. The van der Waals surface area contributed by atoms with E-state index in [2.05, 4.69) is 64.6 Å². The Morgan fingerprint density at radius 2 is 1.65 bits per heavy atom. The average molecular weight is 367 g/mol.